The molecule has 2 saturated heterocycles. The molecule has 40 heavy (non-hydrogen) atoms. The Morgan fingerprint density at radius 3 is 2.40 bits per heavy atom. The summed E-state index contributed by atoms with van der Waals surface area (Å²) in [5, 5.41) is 0. The number of ether oxygens (including phenoxy) is 3. The largest absolute Gasteiger partial charge is 0.462 e. The van der Waals surface area contributed by atoms with Crippen LogP contribution in [0.25, 0.3) is 0 Å². The smallest absolute Gasteiger partial charge is 0.306 e. The van der Waals surface area contributed by atoms with Crippen LogP contribution in [0.1, 0.15) is 144 Å². The fourth-order valence-corrected chi connectivity index (χ4v) is 11.6. The van der Waals surface area contributed by atoms with E-state index in [-0.39, 0.29) is 17.9 Å². The van der Waals surface area contributed by atoms with Crippen molar-refractivity contribution in [3.05, 3.63) is 0 Å². The molecule has 0 aromatic heterocycles. The topological polar surface area (TPSA) is 44.8 Å². The van der Waals surface area contributed by atoms with Gasteiger partial charge in [0.2, 0.25) is 0 Å². The molecule has 0 radical (unpaired) electrons. The van der Waals surface area contributed by atoms with Gasteiger partial charge in [-0.15, -0.1) is 0 Å². The van der Waals surface area contributed by atoms with E-state index in [0.717, 1.165) is 56.0 Å². The lowest BCUT2D eigenvalue weighted by Crippen LogP contribution is -2.55. The lowest BCUT2D eigenvalue weighted by atomic mass is 9.44. The summed E-state index contributed by atoms with van der Waals surface area (Å²) >= 11 is 0. The van der Waals surface area contributed by atoms with Crippen molar-refractivity contribution in [2.75, 3.05) is 6.61 Å². The van der Waals surface area contributed by atoms with Gasteiger partial charge in [0.05, 0.1) is 12.7 Å². The van der Waals surface area contributed by atoms with E-state index in [1.54, 1.807) is 0 Å². The SMILES string of the molecule is CCCCCCCCC(=O)O[C@@H]1CC[C@]2(C)[C@H](CC[C@H]3[C@H]4C[C@@H]5O[C@]6(CC[C@H](C)CO6)[C@@H](C)[C@H]5[C@]4(C)CC[C@@H]32)C1. The summed E-state index contributed by atoms with van der Waals surface area (Å²) in [4.78, 5) is 12.6. The van der Waals surface area contributed by atoms with Crippen LogP contribution in [0.5, 0.6) is 0 Å². The van der Waals surface area contributed by atoms with E-state index >= 15 is 0 Å². The van der Waals surface area contributed by atoms with Crippen molar-refractivity contribution >= 4 is 5.97 Å². The molecule has 6 aliphatic rings. The standard InChI is InChI=1S/C36H60O4/c1-6-7-8-9-10-11-12-32(37)39-27-16-18-34(4)26(21-27)13-14-28-29(34)17-19-35(5)30(28)22-31-33(35)25(3)36(40-31)20-15-24(2)23-38-36/h24-31,33H,6-23H2,1-5H3/t24-,25-,26+,27+,28+,29-,30+,31-,33+,34+,35+,36+/m0/s1. The van der Waals surface area contributed by atoms with Gasteiger partial charge in [-0.2, -0.15) is 0 Å². The number of hydrogen-bond acceptors (Lipinski definition) is 4. The van der Waals surface area contributed by atoms with Gasteiger partial charge in [0.1, 0.15) is 6.10 Å². The van der Waals surface area contributed by atoms with Crippen molar-refractivity contribution in [1.82, 2.24) is 0 Å². The second-order valence-electron chi connectivity index (χ2n) is 16.1. The lowest BCUT2D eigenvalue weighted by molar-refractivity contribution is -0.273. The number of carbonyl (C=O) groups is 1. The number of fused-ring (bicyclic) bond motifs is 7. The molecule has 0 unspecified atom stereocenters. The van der Waals surface area contributed by atoms with Crippen LogP contribution >= 0.6 is 0 Å². The number of unbranched alkanes of at least 4 members (excludes halogenated alkanes) is 5. The molecule has 0 N–H and O–H groups in total. The molecule has 2 aliphatic heterocycles. The van der Waals surface area contributed by atoms with E-state index < -0.39 is 0 Å². The van der Waals surface area contributed by atoms with Gasteiger partial charge in [-0.3, -0.25) is 4.79 Å². The van der Waals surface area contributed by atoms with Crippen LogP contribution in [0, 0.1) is 52.3 Å². The Balaban J connectivity index is 1.05. The quantitative estimate of drug-likeness (QED) is 0.221. The number of esters is 1. The highest BCUT2D eigenvalue weighted by Gasteiger charge is 2.69. The third-order valence-corrected chi connectivity index (χ3v) is 13.9. The summed E-state index contributed by atoms with van der Waals surface area (Å²) in [7, 11) is 0. The second kappa shape index (κ2) is 11.5. The minimum absolute atomic E-state index is 0.0620. The van der Waals surface area contributed by atoms with Gasteiger partial charge in [-0.1, -0.05) is 66.7 Å². The predicted molar refractivity (Wildman–Crippen MR) is 160 cm³/mol. The monoisotopic (exact) mass is 556 g/mol. The summed E-state index contributed by atoms with van der Waals surface area (Å²) in [6, 6.07) is 0. The minimum Gasteiger partial charge on any atom is -0.462 e. The molecule has 0 aromatic carbocycles. The average Bonchev–Trinajstić information content (AvgIpc) is 3.38. The fraction of sp³-hybridized carbons (Fsp3) is 0.972. The summed E-state index contributed by atoms with van der Waals surface area (Å²) in [5.74, 6) is 4.77. The molecule has 4 aliphatic carbocycles. The van der Waals surface area contributed by atoms with Crippen molar-refractivity contribution in [3.8, 4) is 0 Å². The zero-order valence-electron chi connectivity index (χ0n) is 26.6. The van der Waals surface area contributed by atoms with Crippen LogP contribution in [0.4, 0.5) is 0 Å². The predicted octanol–water partition coefficient (Wildman–Crippen LogP) is 9.10. The van der Waals surface area contributed by atoms with E-state index in [9.17, 15) is 4.79 Å². The first kappa shape index (κ1) is 29.5. The molecular formula is C36H60O4. The Hall–Kier alpha value is -0.610. The van der Waals surface area contributed by atoms with Crippen molar-refractivity contribution in [1.29, 1.82) is 0 Å². The first-order chi connectivity index (χ1) is 19.2. The maximum atomic E-state index is 12.6. The van der Waals surface area contributed by atoms with Crippen LogP contribution in [0.15, 0.2) is 0 Å². The van der Waals surface area contributed by atoms with Gasteiger partial charge in [-0.25, -0.2) is 0 Å². The van der Waals surface area contributed by atoms with E-state index in [1.807, 2.05) is 0 Å². The van der Waals surface area contributed by atoms with Crippen LogP contribution in [0.3, 0.4) is 0 Å². The lowest BCUT2D eigenvalue weighted by Gasteiger charge is -2.61. The van der Waals surface area contributed by atoms with Crippen molar-refractivity contribution < 1.29 is 19.0 Å². The Bertz CT molecular complexity index is 893. The Morgan fingerprint density at radius 2 is 1.62 bits per heavy atom. The molecule has 0 amide bonds. The number of hydrogen-bond donors (Lipinski definition) is 0. The normalized spacial score (nSPS) is 49.7. The molecule has 1 spiro atoms. The fourth-order valence-electron chi connectivity index (χ4n) is 11.6. The molecule has 0 aromatic rings. The highest BCUT2D eigenvalue weighted by molar-refractivity contribution is 5.69. The highest BCUT2D eigenvalue weighted by atomic mass is 16.7. The maximum absolute atomic E-state index is 12.6. The van der Waals surface area contributed by atoms with Crippen molar-refractivity contribution in [3.63, 3.8) is 0 Å². The first-order valence-corrected chi connectivity index (χ1v) is 17.7. The zero-order valence-corrected chi connectivity index (χ0v) is 26.6. The van der Waals surface area contributed by atoms with Gasteiger partial charge >= 0.3 is 5.97 Å². The van der Waals surface area contributed by atoms with Crippen molar-refractivity contribution in [2.24, 2.45) is 52.3 Å². The maximum Gasteiger partial charge on any atom is 0.306 e. The van der Waals surface area contributed by atoms with Crippen LogP contribution < -0.4 is 0 Å². The van der Waals surface area contributed by atoms with Crippen LogP contribution in [-0.2, 0) is 19.0 Å². The average molecular weight is 557 g/mol. The molecule has 6 rings (SSSR count). The molecular weight excluding hydrogens is 496 g/mol. The van der Waals surface area contributed by atoms with Gasteiger partial charge in [0.15, 0.2) is 5.79 Å². The molecule has 0 bridgehead atoms. The Labute approximate surface area is 245 Å². The molecule has 4 heteroatoms. The second-order valence-corrected chi connectivity index (χ2v) is 16.1. The third kappa shape index (κ3) is 5.01. The minimum atomic E-state index is -0.304. The molecule has 2 heterocycles. The molecule has 6 fully saturated rings. The first-order valence-electron chi connectivity index (χ1n) is 17.7. The van der Waals surface area contributed by atoms with E-state index in [2.05, 4.69) is 34.6 Å². The van der Waals surface area contributed by atoms with Crippen LogP contribution in [-0.4, -0.2) is 30.6 Å². The van der Waals surface area contributed by atoms with Gasteiger partial charge in [-0.05, 0) is 111 Å². The van der Waals surface area contributed by atoms with Gasteiger partial charge < -0.3 is 14.2 Å². The molecule has 4 nitrogen and oxygen atoms in total. The van der Waals surface area contributed by atoms with Gasteiger partial charge in [0, 0.05) is 18.8 Å². The third-order valence-electron chi connectivity index (χ3n) is 13.9. The van der Waals surface area contributed by atoms with Crippen molar-refractivity contribution in [2.45, 2.75) is 162 Å². The van der Waals surface area contributed by atoms with Gasteiger partial charge in [0.25, 0.3) is 0 Å². The van der Waals surface area contributed by atoms with E-state index in [1.165, 1.54) is 77.0 Å². The number of carbonyl (C=O) groups excluding carboxylic acids is 1. The summed E-state index contributed by atoms with van der Waals surface area (Å²) in [6.45, 7) is 13.2. The number of rotatable bonds is 8. The van der Waals surface area contributed by atoms with Crippen LogP contribution in [0.2, 0.25) is 0 Å². The van der Waals surface area contributed by atoms with E-state index in [0.29, 0.717) is 41.1 Å². The van der Waals surface area contributed by atoms with E-state index in [4.69, 9.17) is 14.2 Å². The Kier molecular flexibility index (Phi) is 8.45. The summed E-state index contributed by atoms with van der Waals surface area (Å²) in [6.07, 6.45) is 20.9. The molecule has 12 atom stereocenters. The molecule has 4 saturated carbocycles. The Morgan fingerprint density at radius 1 is 0.850 bits per heavy atom. The zero-order chi connectivity index (χ0) is 28.1. The molecule has 228 valence electrons. The highest BCUT2D eigenvalue weighted by Crippen LogP contribution is 2.71. The summed E-state index contributed by atoms with van der Waals surface area (Å²) in [5.41, 5.74) is 0.814. The summed E-state index contributed by atoms with van der Waals surface area (Å²) < 4.78 is 19.6.